The summed E-state index contributed by atoms with van der Waals surface area (Å²) in [6.45, 7) is 2.14. The predicted molar refractivity (Wildman–Crippen MR) is 136 cm³/mol. The smallest absolute Gasteiger partial charge is 0.138 e. The van der Waals surface area contributed by atoms with E-state index < -0.39 is 5.82 Å². The van der Waals surface area contributed by atoms with Gasteiger partial charge in [0, 0.05) is 25.2 Å². The van der Waals surface area contributed by atoms with Crippen LogP contribution in [-0.2, 0) is 13.7 Å². The van der Waals surface area contributed by atoms with Gasteiger partial charge >= 0.3 is 0 Å². The van der Waals surface area contributed by atoms with E-state index in [0.29, 0.717) is 17.1 Å². The average molecular weight is 489 g/mol. The maximum atomic E-state index is 14.2. The highest BCUT2D eigenvalue weighted by atomic mass is 19.1. The summed E-state index contributed by atoms with van der Waals surface area (Å²) in [5.41, 5.74) is 14.2. The van der Waals surface area contributed by atoms with Gasteiger partial charge < -0.3 is 25.5 Å². The zero-order valence-electron chi connectivity index (χ0n) is 20.4. The van der Waals surface area contributed by atoms with E-state index in [1.54, 1.807) is 36.5 Å². The highest BCUT2D eigenvalue weighted by molar-refractivity contribution is 6.07. The van der Waals surface area contributed by atoms with Crippen LogP contribution in [0.4, 0.5) is 4.39 Å². The lowest BCUT2D eigenvalue weighted by Crippen LogP contribution is -2.20. The molecule has 2 aromatic carbocycles. The highest BCUT2D eigenvalue weighted by Gasteiger charge is 2.17. The molecule has 0 atom stereocenters. The molecule has 1 saturated carbocycles. The lowest BCUT2D eigenvalue weighted by atomic mass is 10.1. The Balaban J connectivity index is 1.46. The topological polar surface area (TPSA) is 124 Å². The van der Waals surface area contributed by atoms with Crippen molar-refractivity contribution in [1.29, 1.82) is 5.26 Å². The molecule has 1 aliphatic rings. The molecule has 186 valence electrons. The molecule has 1 aromatic heterocycles. The number of aryl methyl sites for hydroxylation is 1. The Morgan fingerprint density at radius 3 is 2.47 bits per heavy atom. The molecular formula is C27H29FN6O2. The van der Waals surface area contributed by atoms with E-state index >= 15 is 0 Å². The zero-order chi connectivity index (χ0) is 25.7. The fraction of sp³-hybridized carbons (Fsp3) is 0.296. The lowest BCUT2D eigenvalue weighted by Gasteiger charge is -2.12. The molecule has 0 unspecified atom stereocenters. The molecular weight excluding hydrogens is 459 g/mol. The van der Waals surface area contributed by atoms with E-state index in [0.717, 1.165) is 37.2 Å². The van der Waals surface area contributed by atoms with Crippen molar-refractivity contribution in [3.8, 4) is 23.3 Å². The van der Waals surface area contributed by atoms with Gasteiger partial charge in [0.2, 0.25) is 0 Å². The second-order valence-corrected chi connectivity index (χ2v) is 8.75. The third kappa shape index (κ3) is 5.84. The summed E-state index contributed by atoms with van der Waals surface area (Å²) >= 11 is 0. The number of amidine groups is 1. The number of nitriles is 1. The van der Waals surface area contributed by atoms with Crippen LogP contribution >= 0.6 is 0 Å². The summed E-state index contributed by atoms with van der Waals surface area (Å²) in [5.74, 6) is 1.63. The van der Waals surface area contributed by atoms with E-state index in [1.165, 1.54) is 12.1 Å². The number of nitrogens with zero attached hydrogens (tertiary/aromatic N) is 4. The van der Waals surface area contributed by atoms with Gasteiger partial charge in [-0.25, -0.2) is 9.37 Å². The summed E-state index contributed by atoms with van der Waals surface area (Å²) in [4.78, 5) is 8.71. The van der Waals surface area contributed by atoms with Gasteiger partial charge in [-0.2, -0.15) is 5.26 Å². The maximum Gasteiger partial charge on any atom is 0.138 e. The van der Waals surface area contributed by atoms with Gasteiger partial charge in [0.25, 0.3) is 0 Å². The lowest BCUT2D eigenvalue weighted by molar-refractivity contribution is 0.293. The van der Waals surface area contributed by atoms with Gasteiger partial charge in [-0.1, -0.05) is 12.8 Å². The van der Waals surface area contributed by atoms with Crippen LogP contribution in [0, 0.1) is 24.1 Å². The SMILES string of the molecule is Cc1ncc(COc2cc(F)cc(Oc3ccc(/C(N)=C(\C#N)C(N)=NC4CCCC4)cc3)c2)n1C. The molecule has 4 N–H and O–H groups in total. The number of hydrogen-bond donors (Lipinski definition) is 2. The van der Waals surface area contributed by atoms with Crippen molar-refractivity contribution in [2.45, 2.75) is 45.3 Å². The van der Waals surface area contributed by atoms with Gasteiger partial charge in [0.15, 0.2) is 0 Å². The number of ether oxygens (including phenoxy) is 2. The first-order chi connectivity index (χ1) is 17.3. The predicted octanol–water partition coefficient (Wildman–Crippen LogP) is 4.73. The van der Waals surface area contributed by atoms with Crippen LogP contribution in [0.15, 0.2) is 59.2 Å². The van der Waals surface area contributed by atoms with Gasteiger partial charge in [-0.3, -0.25) is 4.99 Å². The summed E-state index contributed by atoms with van der Waals surface area (Å²) < 4.78 is 27.7. The maximum absolute atomic E-state index is 14.2. The molecule has 8 nitrogen and oxygen atoms in total. The van der Waals surface area contributed by atoms with Crippen molar-refractivity contribution < 1.29 is 13.9 Å². The Morgan fingerprint density at radius 2 is 1.83 bits per heavy atom. The molecule has 3 aromatic rings. The minimum atomic E-state index is -0.483. The van der Waals surface area contributed by atoms with Crippen molar-refractivity contribution >= 4 is 11.5 Å². The first-order valence-electron chi connectivity index (χ1n) is 11.8. The van der Waals surface area contributed by atoms with Gasteiger partial charge in [0.1, 0.15) is 53.0 Å². The largest absolute Gasteiger partial charge is 0.487 e. The molecule has 0 aliphatic heterocycles. The summed E-state index contributed by atoms with van der Waals surface area (Å²) in [5, 5.41) is 9.61. The van der Waals surface area contributed by atoms with Gasteiger partial charge in [0.05, 0.1) is 23.6 Å². The molecule has 0 radical (unpaired) electrons. The fourth-order valence-corrected chi connectivity index (χ4v) is 4.05. The van der Waals surface area contributed by atoms with Crippen LogP contribution in [0.3, 0.4) is 0 Å². The van der Waals surface area contributed by atoms with Gasteiger partial charge in [-0.05, 0) is 49.6 Å². The quantitative estimate of drug-likeness (QED) is 0.268. The third-order valence-corrected chi connectivity index (χ3v) is 6.23. The molecule has 0 spiro atoms. The molecule has 1 heterocycles. The number of aromatic nitrogens is 2. The van der Waals surface area contributed by atoms with Crippen LogP contribution in [0.2, 0.25) is 0 Å². The fourth-order valence-electron chi connectivity index (χ4n) is 4.05. The van der Waals surface area contributed by atoms with Crippen LogP contribution in [0.1, 0.15) is 42.8 Å². The second kappa shape index (κ2) is 11.0. The minimum absolute atomic E-state index is 0.144. The molecule has 0 amide bonds. The Kier molecular flexibility index (Phi) is 7.54. The van der Waals surface area contributed by atoms with Crippen LogP contribution in [0.25, 0.3) is 5.70 Å². The molecule has 0 saturated heterocycles. The number of halogens is 1. The van der Waals surface area contributed by atoms with Crippen LogP contribution < -0.4 is 20.9 Å². The number of imidazole rings is 1. The average Bonchev–Trinajstić information content (AvgIpc) is 3.48. The molecule has 4 rings (SSSR count). The van der Waals surface area contributed by atoms with Crippen LogP contribution in [-0.4, -0.2) is 21.4 Å². The molecule has 0 bridgehead atoms. The molecule has 1 fully saturated rings. The third-order valence-electron chi connectivity index (χ3n) is 6.23. The monoisotopic (exact) mass is 488 g/mol. The first kappa shape index (κ1) is 24.8. The van der Waals surface area contributed by atoms with Crippen molar-refractivity contribution in [3.05, 3.63) is 77.1 Å². The van der Waals surface area contributed by atoms with E-state index in [1.807, 2.05) is 18.5 Å². The minimum Gasteiger partial charge on any atom is -0.487 e. The Morgan fingerprint density at radius 1 is 1.14 bits per heavy atom. The van der Waals surface area contributed by atoms with Crippen molar-refractivity contribution in [1.82, 2.24) is 9.55 Å². The zero-order valence-corrected chi connectivity index (χ0v) is 20.4. The summed E-state index contributed by atoms with van der Waals surface area (Å²) in [6, 6.07) is 13.2. The van der Waals surface area contributed by atoms with E-state index in [4.69, 9.17) is 20.9 Å². The van der Waals surface area contributed by atoms with E-state index in [9.17, 15) is 9.65 Å². The van der Waals surface area contributed by atoms with Gasteiger partial charge in [-0.15, -0.1) is 0 Å². The Hall–Kier alpha value is -4.32. The van der Waals surface area contributed by atoms with Crippen molar-refractivity contribution in [2.24, 2.45) is 23.5 Å². The summed E-state index contributed by atoms with van der Waals surface area (Å²) in [7, 11) is 1.89. The Labute approximate surface area is 209 Å². The number of benzene rings is 2. The number of aliphatic imine (C=N–C) groups is 1. The summed E-state index contributed by atoms with van der Waals surface area (Å²) in [6.07, 6.45) is 5.90. The highest BCUT2D eigenvalue weighted by Crippen LogP contribution is 2.29. The molecule has 36 heavy (non-hydrogen) atoms. The normalized spacial score (nSPS) is 14.9. The van der Waals surface area contributed by atoms with Crippen molar-refractivity contribution in [3.63, 3.8) is 0 Å². The van der Waals surface area contributed by atoms with E-state index in [-0.39, 0.29) is 35.5 Å². The number of nitrogens with two attached hydrogens (primary N) is 2. The van der Waals surface area contributed by atoms with Crippen molar-refractivity contribution in [2.75, 3.05) is 0 Å². The Bertz CT molecular complexity index is 1330. The van der Waals surface area contributed by atoms with Crippen LogP contribution in [0.5, 0.6) is 17.2 Å². The number of hydrogen-bond acceptors (Lipinski definition) is 6. The standard InChI is InChI=1S/C27H29FN6O2/c1-17-32-15-21(34(17)2)16-35-23-11-19(28)12-24(13-23)36-22-9-7-18(8-10-22)26(30)25(14-29)27(31)33-20-5-3-4-6-20/h7-13,15,20H,3-6,16,30H2,1-2H3,(H2,31,33)/b26-25-. The first-order valence-corrected chi connectivity index (χ1v) is 11.8. The molecule has 9 heteroatoms. The number of rotatable bonds is 8. The molecule has 1 aliphatic carbocycles. The second-order valence-electron chi connectivity index (χ2n) is 8.75. The van der Waals surface area contributed by atoms with E-state index in [2.05, 4.69) is 16.0 Å².